The SMILES string of the molecule is CC.Cc1ccc(CN2CCC[C@@H](Oc3cc(F)c(C(=O)NS(C)(=O)=O)cc3C3CC3)C2)c(Cl)c1. The van der Waals surface area contributed by atoms with Crippen molar-refractivity contribution in [1.29, 1.82) is 0 Å². The highest BCUT2D eigenvalue weighted by atomic mass is 35.5. The number of benzene rings is 2. The highest BCUT2D eigenvalue weighted by Gasteiger charge is 2.31. The predicted octanol–water partition coefficient (Wildman–Crippen LogP) is 5.42. The summed E-state index contributed by atoms with van der Waals surface area (Å²) in [5.74, 6) is -1.14. The van der Waals surface area contributed by atoms with Gasteiger partial charge in [-0.2, -0.15) is 0 Å². The van der Waals surface area contributed by atoms with Crippen LogP contribution in [-0.2, 0) is 16.6 Å². The molecule has 2 aromatic rings. The van der Waals surface area contributed by atoms with Crippen molar-refractivity contribution in [2.45, 2.75) is 65.0 Å². The van der Waals surface area contributed by atoms with Crippen LogP contribution in [0.5, 0.6) is 5.75 Å². The summed E-state index contributed by atoms with van der Waals surface area (Å²) < 4.78 is 45.7. The Morgan fingerprint density at radius 2 is 1.91 bits per heavy atom. The molecule has 9 heteroatoms. The van der Waals surface area contributed by atoms with E-state index in [0.717, 1.165) is 60.2 Å². The first kappa shape index (κ1) is 27.4. The molecule has 0 spiro atoms. The molecule has 1 aliphatic carbocycles. The first-order valence-corrected chi connectivity index (χ1v) is 14.4. The molecule has 35 heavy (non-hydrogen) atoms. The number of sulfonamides is 1. The van der Waals surface area contributed by atoms with Crippen molar-refractivity contribution >= 4 is 27.5 Å². The lowest BCUT2D eigenvalue weighted by molar-refractivity contribution is 0.0832. The van der Waals surface area contributed by atoms with Crippen LogP contribution in [0, 0.1) is 12.7 Å². The predicted molar refractivity (Wildman–Crippen MR) is 137 cm³/mol. The van der Waals surface area contributed by atoms with Crippen LogP contribution in [0.3, 0.4) is 0 Å². The van der Waals surface area contributed by atoms with Crippen LogP contribution in [0.2, 0.25) is 5.02 Å². The molecule has 0 unspecified atom stereocenters. The number of halogens is 2. The largest absolute Gasteiger partial charge is 0.489 e. The van der Waals surface area contributed by atoms with Crippen LogP contribution in [0.1, 0.15) is 72.5 Å². The molecular formula is C26H34ClFN2O4S. The van der Waals surface area contributed by atoms with E-state index in [1.54, 1.807) is 0 Å². The normalized spacial score (nSPS) is 18.4. The Hall–Kier alpha value is -2.16. The number of carbonyl (C=O) groups excluding carboxylic acids is 1. The van der Waals surface area contributed by atoms with Gasteiger partial charge in [0.2, 0.25) is 10.0 Å². The van der Waals surface area contributed by atoms with Crippen LogP contribution in [0.25, 0.3) is 0 Å². The maximum atomic E-state index is 14.8. The summed E-state index contributed by atoms with van der Waals surface area (Å²) in [6.45, 7) is 8.34. The van der Waals surface area contributed by atoms with Crippen molar-refractivity contribution in [3.63, 3.8) is 0 Å². The lowest BCUT2D eigenvalue weighted by atomic mass is 10.0. The zero-order chi connectivity index (χ0) is 25.8. The Bertz CT molecular complexity index is 1170. The molecule has 2 aliphatic rings. The second-order valence-corrected chi connectivity index (χ2v) is 11.2. The monoisotopic (exact) mass is 524 g/mol. The van der Waals surface area contributed by atoms with E-state index in [-0.39, 0.29) is 17.6 Å². The minimum absolute atomic E-state index is 0.115. The van der Waals surface area contributed by atoms with E-state index in [9.17, 15) is 17.6 Å². The third kappa shape index (κ3) is 7.66. The number of nitrogens with zero attached hydrogens (tertiary/aromatic N) is 1. The second-order valence-electron chi connectivity index (χ2n) is 9.06. The highest BCUT2D eigenvalue weighted by Crippen LogP contribution is 2.45. The maximum absolute atomic E-state index is 14.8. The van der Waals surface area contributed by atoms with Gasteiger partial charge < -0.3 is 4.74 Å². The van der Waals surface area contributed by atoms with Gasteiger partial charge in [0, 0.05) is 24.2 Å². The molecule has 0 radical (unpaired) electrons. The summed E-state index contributed by atoms with van der Waals surface area (Å²) in [5.41, 5.74) is 2.66. The Morgan fingerprint density at radius 3 is 2.54 bits per heavy atom. The van der Waals surface area contributed by atoms with E-state index < -0.39 is 21.7 Å². The number of amides is 1. The van der Waals surface area contributed by atoms with Gasteiger partial charge in [-0.3, -0.25) is 9.69 Å². The summed E-state index contributed by atoms with van der Waals surface area (Å²) in [6, 6.07) is 8.71. The number of likely N-dealkylation sites (tertiary alicyclic amines) is 1. The van der Waals surface area contributed by atoms with Crippen molar-refractivity contribution in [3.8, 4) is 5.75 Å². The van der Waals surface area contributed by atoms with Gasteiger partial charge in [-0.15, -0.1) is 0 Å². The van der Waals surface area contributed by atoms with Gasteiger partial charge in [0.05, 0.1) is 11.8 Å². The number of piperidine rings is 1. The zero-order valence-electron chi connectivity index (χ0n) is 20.7. The van der Waals surface area contributed by atoms with E-state index in [1.165, 1.54) is 12.1 Å². The van der Waals surface area contributed by atoms with Crippen LogP contribution in [0.4, 0.5) is 4.39 Å². The Morgan fingerprint density at radius 1 is 1.20 bits per heavy atom. The molecule has 0 bridgehead atoms. The maximum Gasteiger partial charge on any atom is 0.267 e. The van der Waals surface area contributed by atoms with Crippen molar-refractivity contribution < 1.29 is 22.3 Å². The molecule has 4 rings (SSSR count). The van der Waals surface area contributed by atoms with Gasteiger partial charge in [0.25, 0.3) is 5.91 Å². The number of hydrogen-bond donors (Lipinski definition) is 1. The summed E-state index contributed by atoms with van der Waals surface area (Å²) in [6.07, 6.45) is 4.40. The van der Waals surface area contributed by atoms with Crippen LogP contribution < -0.4 is 9.46 Å². The number of carbonyl (C=O) groups is 1. The smallest absolute Gasteiger partial charge is 0.267 e. The lowest BCUT2D eigenvalue weighted by Crippen LogP contribution is -2.40. The topological polar surface area (TPSA) is 75.7 Å². The van der Waals surface area contributed by atoms with Gasteiger partial charge in [-0.25, -0.2) is 17.5 Å². The third-order valence-electron chi connectivity index (χ3n) is 6.00. The van der Waals surface area contributed by atoms with Crippen LogP contribution in [-0.4, -0.2) is 44.7 Å². The van der Waals surface area contributed by atoms with Crippen molar-refractivity contribution in [2.24, 2.45) is 0 Å². The number of hydrogen-bond acceptors (Lipinski definition) is 5. The van der Waals surface area contributed by atoms with Gasteiger partial charge in [0.15, 0.2) is 0 Å². The number of aryl methyl sites for hydroxylation is 1. The molecule has 0 aromatic heterocycles. The van der Waals surface area contributed by atoms with Crippen molar-refractivity contribution in [3.05, 3.63) is 63.4 Å². The first-order chi connectivity index (χ1) is 16.6. The molecule has 1 saturated carbocycles. The van der Waals surface area contributed by atoms with E-state index in [2.05, 4.69) is 4.90 Å². The first-order valence-electron chi connectivity index (χ1n) is 12.1. The molecule has 1 saturated heterocycles. The summed E-state index contributed by atoms with van der Waals surface area (Å²) in [7, 11) is -3.79. The van der Waals surface area contributed by atoms with Gasteiger partial charge in [0.1, 0.15) is 17.7 Å². The minimum Gasteiger partial charge on any atom is -0.489 e. The molecule has 1 N–H and O–H groups in total. The fourth-order valence-electron chi connectivity index (χ4n) is 4.24. The number of nitrogens with one attached hydrogen (secondary N) is 1. The van der Waals surface area contributed by atoms with Crippen molar-refractivity contribution in [1.82, 2.24) is 9.62 Å². The van der Waals surface area contributed by atoms with E-state index >= 15 is 0 Å². The molecule has 2 fully saturated rings. The molecule has 2 aromatic carbocycles. The molecule has 1 aliphatic heterocycles. The Labute approximate surface area is 212 Å². The molecule has 1 atom stereocenters. The second kappa shape index (κ2) is 11.7. The van der Waals surface area contributed by atoms with E-state index in [4.69, 9.17) is 16.3 Å². The lowest BCUT2D eigenvalue weighted by Gasteiger charge is -2.33. The molecule has 6 nitrogen and oxygen atoms in total. The summed E-state index contributed by atoms with van der Waals surface area (Å²) in [5, 5.41) is 0.749. The number of rotatable bonds is 7. The quantitative estimate of drug-likeness (QED) is 0.523. The van der Waals surface area contributed by atoms with Crippen molar-refractivity contribution in [2.75, 3.05) is 19.3 Å². The average molecular weight is 525 g/mol. The van der Waals surface area contributed by atoms with Gasteiger partial charge >= 0.3 is 0 Å². The standard InChI is InChI=1S/C24H28ClFN2O4S.C2H6/c1-15-5-6-17(21(25)10-15)13-28-9-3-4-18(14-28)32-23-12-22(26)20(11-19(23)16-7-8-16)24(29)27-33(2,30)31;1-2/h5-6,10-12,16,18H,3-4,7-9,13-14H2,1-2H3,(H,27,29);1-2H3/t18-;/m1./s1. The third-order valence-corrected chi connectivity index (χ3v) is 6.91. The molecular weight excluding hydrogens is 491 g/mol. The average Bonchev–Trinajstić information content (AvgIpc) is 3.62. The minimum atomic E-state index is -3.79. The van der Waals surface area contributed by atoms with E-state index in [0.29, 0.717) is 18.8 Å². The van der Waals surface area contributed by atoms with Gasteiger partial charge in [-0.1, -0.05) is 37.6 Å². The summed E-state index contributed by atoms with van der Waals surface area (Å²) >= 11 is 6.41. The zero-order valence-corrected chi connectivity index (χ0v) is 22.3. The summed E-state index contributed by atoms with van der Waals surface area (Å²) in [4.78, 5) is 14.5. The Kier molecular flexibility index (Phi) is 9.18. The fourth-order valence-corrected chi connectivity index (χ4v) is 4.98. The van der Waals surface area contributed by atoms with Crippen LogP contribution in [0.15, 0.2) is 30.3 Å². The van der Waals surface area contributed by atoms with E-state index in [1.807, 2.05) is 43.7 Å². The van der Waals surface area contributed by atoms with Gasteiger partial charge in [-0.05, 0) is 73.9 Å². The number of ether oxygens (including phenoxy) is 1. The Balaban J connectivity index is 0.00000167. The fraction of sp³-hybridized carbons (Fsp3) is 0.500. The molecule has 1 amide bonds. The molecule has 192 valence electrons. The highest BCUT2D eigenvalue weighted by molar-refractivity contribution is 7.89. The molecule has 1 heterocycles. The van der Waals surface area contributed by atoms with Crippen LogP contribution >= 0.6 is 11.6 Å².